The maximum absolute atomic E-state index is 3.81. The van der Waals surface area contributed by atoms with Gasteiger partial charge in [0, 0.05) is 13.1 Å². The summed E-state index contributed by atoms with van der Waals surface area (Å²) in [5, 5.41) is 3.81. The molecule has 0 heterocycles. The van der Waals surface area contributed by atoms with E-state index in [0.29, 0.717) is 16.7 Å². The van der Waals surface area contributed by atoms with Gasteiger partial charge in [-0.05, 0) is 70.6 Å². The monoisotopic (exact) mass is 375 g/mol. The lowest BCUT2D eigenvalue weighted by Crippen LogP contribution is -2.52. The first-order chi connectivity index (χ1) is 13.4. The SMILES string of the molecule is CC(C)c1ccc2c(c1)CC[C@@H]1[C@@](C)(CNCc3ccccc3)CCC[C@]21C. The van der Waals surface area contributed by atoms with E-state index in [1.165, 1.54) is 43.2 Å². The lowest BCUT2D eigenvalue weighted by atomic mass is 9.49. The molecule has 2 aliphatic rings. The second-order valence-corrected chi connectivity index (χ2v) is 10.2. The van der Waals surface area contributed by atoms with Crippen LogP contribution < -0.4 is 5.32 Å². The van der Waals surface area contributed by atoms with Crippen LogP contribution in [0.3, 0.4) is 0 Å². The molecule has 1 N–H and O–H groups in total. The van der Waals surface area contributed by atoms with Gasteiger partial charge in [-0.2, -0.15) is 0 Å². The zero-order valence-corrected chi connectivity index (χ0v) is 18.2. The maximum atomic E-state index is 3.81. The summed E-state index contributed by atoms with van der Waals surface area (Å²) in [6.07, 6.45) is 6.65. The van der Waals surface area contributed by atoms with E-state index >= 15 is 0 Å². The predicted molar refractivity (Wildman–Crippen MR) is 120 cm³/mol. The Hall–Kier alpha value is -1.60. The zero-order chi connectivity index (χ0) is 19.8. The Morgan fingerprint density at radius 1 is 1.04 bits per heavy atom. The zero-order valence-electron chi connectivity index (χ0n) is 18.2. The van der Waals surface area contributed by atoms with E-state index in [1.54, 1.807) is 11.1 Å². The minimum absolute atomic E-state index is 0.338. The van der Waals surface area contributed by atoms with Crippen LogP contribution in [-0.2, 0) is 18.4 Å². The molecule has 2 aliphatic carbocycles. The van der Waals surface area contributed by atoms with Crippen molar-refractivity contribution in [3.63, 3.8) is 0 Å². The lowest BCUT2D eigenvalue weighted by Gasteiger charge is -2.55. The van der Waals surface area contributed by atoms with E-state index in [9.17, 15) is 0 Å². The fraction of sp³-hybridized carbons (Fsp3) is 0.556. The van der Waals surface area contributed by atoms with E-state index in [2.05, 4.69) is 81.5 Å². The van der Waals surface area contributed by atoms with Crippen molar-refractivity contribution in [3.8, 4) is 0 Å². The number of fused-ring (bicyclic) bond motifs is 3. The standard InChI is InChI=1S/C27H37N/c1-20(2)22-11-13-24-23(17-22)12-14-25-26(3,15-8-16-27(24,25)4)19-28-18-21-9-6-5-7-10-21/h5-7,9-11,13,17,20,25,28H,8,12,14-16,18-19H2,1-4H3/t25-,26-,27-/m1/s1. The molecule has 0 spiro atoms. The van der Waals surface area contributed by atoms with Crippen LogP contribution in [0.5, 0.6) is 0 Å². The average molecular weight is 376 g/mol. The molecule has 2 aromatic carbocycles. The van der Waals surface area contributed by atoms with Crippen LogP contribution in [0.4, 0.5) is 0 Å². The third kappa shape index (κ3) is 3.54. The molecule has 1 saturated carbocycles. The molecule has 3 atom stereocenters. The van der Waals surface area contributed by atoms with E-state index in [1.807, 2.05) is 0 Å². The first-order valence-electron chi connectivity index (χ1n) is 11.3. The molecule has 0 radical (unpaired) electrons. The number of benzene rings is 2. The Bertz CT molecular complexity index is 808. The third-order valence-corrected chi connectivity index (χ3v) is 7.87. The van der Waals surface area contributed by atoms with Gasteiger partial charge in [-0.15, -0.1) is 0 Å². The number of hydrogen-bond donors (Lipinski definition) is 1. The fourth-order valence-corrected chi connectivity index (χ4v) is 6.30. The highest BCUT2D eigenvalue weighted by Gasteiger charge is 2.51. The topological polar surface area (TPSA) is 12.0 Å². The van der Waals surface area contributed by atoms with Gasteiger partial charge in [0.1, 0.15) is 0 Å². The Balaban J connectivity index is 1.54. The van der Waals surface area contributed by atoms with Gasteiger partial charge in [0.25, 0.3) is 0 Å². The number of hydrogen-bond acceptors (Lipinski definition) is 1. The molecular formula is C27H37N. The van der Waals surface area contributed by atoms with Gasteiger partial charge >= 0.3 is 0 Å². The Morgan fingerprint density at radius 2 is 1.82 bits per heavy atom. The van der Waals surface area contributed by atoms with Crippen molar-refractivity contribution in [3.05, 3.63) is 70.8 Å². The first-order valence-corrected chi connectivity index (χ1v) is 11.3. The van der Waals surface area contributed by atoms with Gasteiger partial charge in [-0.25, -0.2) is 0 Å². The maximum Gasteiger partial charge on any atom is 0.0205 e. The van der Waals surface area contributed by atoms with E-state index in [0.717, 1.165) is 19.0 Å². The first kappa shape index (κ1) is 19.7. The molecule has 4 rings (SSSR count). The van der Waals surface area contributed by atoms with Crippen LogP contribution in [0.2, 0.25) is 0 Å². The van der Waals surface area contributed by atoms with Crippen LogP contribution in [-0.4, -0.2) is 6.54 Å². The second kappa shape index (κ2) is 7.67. The smallest absolute Gasteiger partial charge is 0.0205 e. The molecule has 0 aromatic heterocycles. The Morgan fingerprint density at radius 3 is 2.57 bits per heavy atom. The average Bonchev–Trinajstić information content (AvgIpc) is 2.68. The largest absolute Gasteiger partial charge is 0.312 e. The lowest BCUT2D eigenvalue weighted by molar-refractivity contribution is 0.0257. The van der Waals surface area contributed by atoms with Crippen molar-refractivity contribution in [2.75, 3.05) is 6.54 Å². The minimum Gasteiger partial charge on any atom is -0.312 e. The van der Waals surface area contributed by atoms with Crippen LogP contribution >= 0.6 is 0 Å². The van der Waals surface area contributed by atoms with Crippen LogP contribution in [0.15, 0.2) is 48.5 Å². The molecule has 2 aromatic rings. The number of aryl methyl sites for hydroxylation is 1. The van der Waals surface area contributed by atoms with Crippen LogP contribution in [0.1, 0.15) is 81.5 Å². The molecule has 150 valence electrons. The summed E-state index contributed by atoms with van der Waals surface area (Å²) in [5.41, 5.74) is 6.90. The van der Waals surface area contributed by atoms with Crippen molar-refractivity contribution in [2.45, 2.75) is 77.7 Å². The van der Waals surface area contributed by atoms with E-state index in [4.69, 9.17) is 0 Å². The summed E-state index contributed by atoms with van der Waals surface area (Å²) in [6.45, 7) is 11.9. The van der Waals surface area contributed by atoms with Gasteiger partial charge in [-0.1, -0.05) is 82.6 Å². The summed E-state index contributed by atoms with van der Waals surface area (Å²) in [4.78, 5) is 0. The molecule has 28 heavy (non-hydrogen) atoms. The van der Waals surface area contributed by atoms with Crippen molar-refractivity contribution < 1.29 is 0 Å². The van der Waals surface area contributed by atoms with Crippen molar-refractivity contribution in [1.29, 1.82) is 0 Å². The highest BCUT2D eigenvalue weighted by Crippen LogP contribution is 2.57. The molecule has 0 unspecified atom stereocenters. The van der Waals surface area contributed by atoms with Gasteiger partial charge in [0.05, 0.1) is 0 Å². The van der Waals surface area contributed by atoms with Gasteiger partial charge < -0.3 is 5.32 Å². The molecule has 0 aliphatic heterocycles. The second-order valence-electron chi connectivity index (χ2n) is 10.2. The van der Waals surface area contributed by atoms with E-state index < -0.39 is 0 Å². The summed E-state index contributed by atoms with van der Waals surface area (Å²) in [6, 6.07) is 18.2. The number of rotatable bonds is 5. The van der Waals surface area contributed by atoms with Crippen molar-refractivity contribution in [2.24, 2.45) is 11.3 Å². The van der Waals surface area contributed by atoms with Gasteiger partial charge in [0.2, 0.25) is 0 Å². The normalized spacial score (nSPS) is 29.4. The number of nitrogens with one attached hydrogen (secondary N) is 1. The molecular weight excluding hydrogens is 338 g/mol. The summed E-state index contributed by atoms with van der Waals surface area (Å²) < 4.78 is 0. The predicted octanol–water partition coefficient (Wildman–Crippen LogP) is 6.61. The molecule has 0 amide bonds. The Labute approximate surface area is 172 Å². The summed E-state index contributed by atoms with van der Waals surface area (Å²) in [5.74, 6) is 1.39. The summed E-state index contributed by atoms with van der Waals surface area (Å²) >= 11 is 0. The molecule has 1 fully saturated rings. The fourth-order valence-electron chi connectivity index (χ4n) is 6.30. The molecule has 0 saturated heterocycles. The van der Waals surface area contributed by atoms with Crippen molar-refractivity contribution in [1.82, 2.24) is 5.32 Å². The Kier molecular flexibility index (Phi) is 5.40. The van der Waals surface area contributed by atoms with Crippen molar-refractivity contribution >= 4 is 0 Å². The molecule has 1 heteroatoms. The van der Waals surface area contributed by atoms with Crippen LogP contribution in [0, 0.1) is 11.3 Å². The van der Waals surface area contributed by atoms with Gasteiger partial charge in [0.15, 0.2) is 0 Å². The van der Waals surface area contributed by atoms with Crippen LogP contribution in [0.25, 0.3) is 0 Å². The third-order valence-electron chi connectivity index (χ3n) is 7.87. The summed E-state index contributed by atoms with van der Waals surface area (Å²) in [7, 11) is 0. The van der Waals surface area contributed by atoms with Gasteiger partial charge in [-0.3, -0.25) is 0 Å². The van der Waals surface area contributed by atoms with E-state index in [-0.39, 0.29) is 0 Å². The molecule has 0 bridgehead atoms. The highest BCUT2D eigenvalue weighted by atomic mass is 14.9. The highest BCUT2D eigenvalue weighted by molar-refractivity contribution is 5.42. The minimum atomic E-state index is 0.338. The molecule has 1 nitrogen and oxygen atoms in total. The quantitative estimate of drug-likeness (QED) is 0.620.